The van der Waals surface area contributed by atoms with Crippen molar-refractivity contribution in [1.82, 2.24) is 0 Å². The van der Waals surface area contributed by atoms with E-state index in [0.29, 0.717) is 0 Å². The van der Waals surface area contributed by atoms with Crippen LogP contribution in [-0.2, 0) is 19.1 Å². The van der Waals surface area contributed by atoms with Crippen LogP contribution in [0.5, 0.6) is 0 Å². The lowest BCUT2D eigenvalue weighted by Gasteiger charge is -2.17. The Hall–Kier alpha value is -1.63. The van der Waals surface area contributed by atoms with E-state index in [4.69, 9.17) is 15.3 Å². The van der Waals surface area contributed by atoms with Crippen LogP contribution in [-0.4, -0.2) is 46.9 Å². The lowest BCUT2D eigenvalue weighted by molar-refractivity contribution is -0.159. The van der Waals surface area contributed by atoms with E-state index in [-0.39, 0.29) is 6.61 Å². The monoisotopic (exact) mass is 220 g/mol. The maximum atomic E-state index is 10.6. The van der Waals surface area contributed by atoms with Crippen LogP contribution in [0.15, 0.2) is 0 Å². The van der Waals surface area contributed by atoms with Crippen molar-refractivity contribution in [2.45, 2.75) is 6.42 Å². The Balaban J connectivity index is 4.74. The highest BCUT2D eigenvalue weighted by Crippen LogP contribution is 2.17. The van der Waals surface area contributed by atoms with Gasteiger partial charge in [0.15, 0.2) is 5.92 Å². The minimum absolute atomic E-state index is 0.227. The van der Waals surface area contributed by atoms with Gasteiger partial charge < -0.3 is 20.1 Å². The van der Waals surface area contributed by atoms with Gasteiger partial charge in [-0.15, -0.1) is 0 Å². The molecule has 0 aliphatic rings. The Morgan fingerprint density at radius 1 is 1.13 bits per heavy atom. The number of carboxylic acids is 3. The molecule has 0 bridgehead atoms. The number of carbonyl (C=O) groups is 3. The van der Waals surface area contributed by atoms with Crippen molar-refractivity contribution in [2.75, 3.05) is 13.7 Å². The van der Waals surface area contributed by atoms with Crippen molar-refractivity contribution in [3.8, 4) is 0 Å². The molecule has 1 atom stereocenters. The number of hydrogen-bond acceptors (Lipinski definition) is 4. The average molecular weight is 220 g/mol. The normalized spacial score (nSPS) is 12.4. The molecule has 0 saturated heterocycles. The van der Waals surface area contributed by atoms with Crippen molar-refractivity contribution in [3.63, 3.8) is 0 Å². The molecule has 0 rings (SSSR count). The van der Waals surface area contributed by atoms with Crippen molar-refractivity contribution in [2.24, 2.45) is 11.8 Å². The maximum absolute atomic E-state index is 10.6. The van der Waals surface area contributed by atoms with Crippen molar-refractivity contribution in [3.05, 3.63) is 0 Å². The van der Waals surface area contributed by atoms with Gasteiger partial charge in [-0.2, -0.15) is 0 Å². The second-order valence-corrected chi connectivity index (χ2v) is 2.97. The molecule has 3 N–H and O–H groups in total. The smallest absolute Gasteiger partial charge is 0.318 e. The molecule has 15 heavy (non-hydrogen) atoms. The van der Waals surface area contributed by atoms with E-state index in [2.05, 4.69) is 4.74 Å². The highest BCUT2D eigenvalue weighted by molar-refractivity contribution is 5.93. The fourth-order valence-electron chi connectivity index (χ4n) is 1.22. The van der Waals surface area contributed by atoms with Gasteiger partial charge in [0.25, 0.3) is 0 Å². The van der Waals surface area contributed by atoms with Gasteiger partial charge in [-0.05, 0) is 0 Å². The largest absolute Gasteiger partial charge is 0.481 e. The number of rotatable bonds is 7. The topological polar surface area (TPSA) is 121 Å². The zero-order valence-corrected chi connectivity index (χ0v) is 8.04. The summed E-state index contributed by atoms with van der Waals surface area (Å²) in [7, 11) is 1.25. The predicted octanol–water partition coefficient (Wildman–Crippen LogP) is -0.491. The summed E-state index contributed by atoms with van der Waals surface area (Å²) in [5.41, 5.74) is 0. The Labute approximate surface area is 85.3 Å². The summed E-state index contributed by atoms with van der Waals surface area (Å²) in [5.74, 6) is -7.23. The Morgan fingerprint density at radius 3 is 1.87 bits per heavy atom. The standard InChI is InChI=1S/C8H12O7/c1-15-3-4(2-5(9)10)6(7(11)12)8(13)14/h4,6H,2-3H2,1H3,(H,9,10)(H,11,12)(H,13,14)/t4-/m0/s1. The first-order valence-electron chi connectivity index (χ1n) is 4.06. The van der Waals surface area contributed by atoms with Gasteiger partial charge in [-0.1, -0.05) is 0 Å². The SMILES string of the molecule is COC[C@H](CC(=O)O)C(C(=O)O)C(=O)O. The highest BCUT2D eigenvalue weighted by atomic mass is 16.5. The molecule has 0 radical (unpaired) electrons. The third kappa shape index (κ3) is 4.41. The molecule has 7 nitrogen and oxygen atoms in total. The molecule has 0 aliphatic carbocycles. The predicted molar refractivity (Wildman–Crippen MR) is 46.4 cm³/mol. The summed E-state index contributed by atoms with van der Waals surface area (Å²) in [5, 5.41) is 25.7. The molecule has 0 aromatic rings. The molecule has 0 heterocycles. The molecule has 0 spiro atoms. The van der Waals surface area contributed by atoms with Gasteiger partial charge in [0.2, 0.25) is 0 Å². The van der Waals surface area contributed by atoms with E-state index in [9.17, 15) is 14.4 Å². The van der Waals surface area contributed by atoms with E-state index >= 15 is 0 Å². The van der Waals surface area contributed by atoms with Crippen molar-refractivity contribution >= 4 is 17.9 Å². The lowest BCUT2D eigenvalue weighted by atomic mass is 9.90. The van der Waals surface area contributed by atoms with E-state index in [1.165, 1.54) is 7.11 Å². The lowest BCUT2D eigenvalue weighted by Crippen LogP contribution is -2.35. The van der Waals surface area contributed by atoms with Crippen LogP contribution in [0.2, 0.25) is 0 Å². The minimum Gasteiger partial charge on any atom is -0.481 e. The van der Waals surface area contributed by atoms with Crippen LogP contribution >= 0.6 is 0 Å². The number of methoxy groups -OCH3 is 1. The second-order valence-electron chi connectivity index (χ2n) is 2.97. The quantitative estimate of drug-likeness (QED) is 0.495. The van der Waals surface area contributed by atoms with Gasteiger partial charge >= 0.3 is 17.9 Å². The number of carboxylic acid groups (broad SMARTS) is 3. The first-order chi connectivity index (χ1) is 6.90. The molecule has 0 aromatic heterocycles. The molecule has 0 fully saturated rings. The molecular weight excluding hydrogens is 208 g/mol. The van der Waals surface area contributed by atoms with Gasteiger partial charge in [-0.25, -0.2) is 0 Å². The zero-order valence-electron chi connectivity index (χ0n) is 8.04. The molecular formula is C8H12O7. The highest BCUT2D eigenvalue weighted by Gasteiger charge is 2.36. The van der Waals surface area contributed by atoms with E-state index in [1.807, 2.05) is 0 Å². The van der Waals surface area contributed by atoms with Crippen LogP contribution < -0.4 is 0 Å². The zero-order chi connectivity index (χ0) is 12.0. The minimum atomic E-state index is -1.76. The van der Waals surface area contributed by atoms with Gasteiger partial charge in [0.1, 0.15) is 0 Å². The Kier molecular flexibility index (Phi) is 5.32. The fraction of sp³-hybridized carbons (Fsp3) is 0.625. The molecule has 7 heteroatoms. The third-order valence-corrected chi connectivity index (χ3v) is 1.82. The maximum Gasteiger partial charge on any atom is 0.318 e. The average Bonchev–Trinajstić information content (AvgIpc) is 2.01. The first-order valence-corrected chi connectivity index (χ1v) is 4.06. The molecule has 0 aliphatic heterocycles. The van der Waals surface area contributed by atoms with Gasteiger partial charge in [-0.3, -0.25) is 14.4 Å². The summed E-state index contributed by atoms with van der Waals surface area (Å²) >= 11 is 0. The number of ether oxygens (including phenoxy) is 1. The molecule has 0 amide bonds. The van der Waals surface area contributed by atoms with Crippen molar-refractivity contribution in [1.29, 1.82) is 0 Å². The van der Waals surface area contributed by atoms with Crippen LogP contribution in [0, 0.1) is 11.8 Å². The molecule has 86 valence electrons. The summed E-state index contributed by atoms with van der Waals surface area (Å²) in [6, 6.07) is 0. The van der Waals surface area contributed by atoms with E-state index < -0.39 is 36.2 Å². The molecule has 0 unspecified atom stereocenters. The summed E-state index contributed by atoms with van der Waals surface area (Å²) in [6.07, 6.45) is -0.558. The Bertz CT molecular complexity index is 246. The van der Waals surface area contributed by atoms with Gasteiger partial charge in [0, 0.05) is 13.0 Å². The van der Waals surface area contributed by atoms with Crippen LogP contribution in [0.1, 0.15) is 6.42 Å². The summed E-state index contributed by atoms with van der Waals surface area (Å²) in [6.45, 7) is -0.227. The molecule has 0 saturated carbocycles. The van der Waals surface area contributed by atoms with E-state index in [0.717, 1.165) is 0 Å². The number of hydrogen-bond donors (Lipinski definition) is 3. The third-order valence-electron chi connectivity index (χ3n) is 1.82. The summed E-state index contributed by atoms with van der Waals surface area (Å²) in [4.78, 5) is 31.6. The number of aliphatic carboxylic acids is 3. The second kappa shape index (κ2) is 5.97. The van der Waals surface area contributed by atoms with Crippen LogP contribution in [0.3, 0.4) is 0 Å². The van der Waals surface area contributed by atoms with Crippen molar-refractivity contribution < 1.29 is 34.4 Å². The molecule has 0 aromatic carbocycles. The summed E-state index contributed by atoms with van der Waals surface area (Å²) < 4.78 is 4.60. The van der Waals surface area contributed by atoms with Crippen LogP contribution in [0.25, 0.3) is 0 Å². The van der Waals surface area contributed by atoms with E-state index in [1.54, 1.807) is 0 Å². The van der Waals surface area contributed by atoms with Crippen LogP contribution in [0.4, 0.5) is 0 Å². The Morgan fingerprint density at radius 2 is 1.60 bits per heavy atom. The first kappa shape index (κ1) is 13.4. The van der Waals surface area contributed by atoms with Gasteiger partial charge in [0.05, 0.1) is 13.0 Å². The fourth-order valence-corrected chi connectivity index (χ4v) is 1.22.